The van der Waals surface area contributed by atoms with Crippen LogP contribution in [0.1, 0.15) is 13.3 Å². The van der Waals surface area contributed by atoms with E-state index in [-0.39, 0.29) is 6.10 Å². The Balaban J connectivity index is 1.60. The molecule has 98 valence electrons. The van der Waals surface area contributed by atoms with Crippen LogP contribution in [0.4, 0.5) is 0 Å². The van der Waals surface area contributed by atoms with Gasteiger partial charge < -0.3 is 9.47 Å². The van der Waals surface area contributed by atoms with Crippen molar-refractivity contribution in [2.45, 2.75) is 19.4 Å². The molecule has 0 N–H and O–H groups in total. The monoisotopic (exact) mass is 267 g/mol. The average molecular weight is 267 g/mol. The summed E-state index contributed by atoms with van der Waals surface area (Å²) in [5.74, 6) is 1.73. The lowest BCUT2D eigenvalue weighted by molar-refractivity contribution is 0.130. The van der Waals surface area contributed by atoms with Crippen LogP contribution in [0.5, 0.6) is 11.8 Å². The topological polar surface area (TPSA) is 47.5 Å². The maximum atomic E-state index is 5.96. The highest BCUT2D eigenvalue weighted by atomic mass is 32.1. The van der Waals surface area contributed by atoms with Crippen molar-refractivity contribution in [3.63, 3.8) is 0 Å². The summed E-state index contributed by atoms with van der Waals surface area (Å²) in [4.78, 5) is 2.44. The predicted octanol–water partition coefficient (Wildman–Crippen LogP) is 1.58. The summed E-state index contributed by atoms with van der Waals surface area (Å²) in [6.45, 7) is 5.86. The van der Waals surface area contributed by atoms with Gasteiger partial charge in [0.2, 0.25) is 0 Å². The van der Waals surface area contributed by atoms with Gasteiger partial charge in [-0.3, -0.25) is 4.90 Å². The van der Waals surface area contributed by atoms with Gasteiger partial charge in [0, 0.05) is 19.0 Å². The Bertz CT molecular complexity index is 435. The smallest absolute Gasteiger partial charge is 0.291 e. The number of rotatable bonds is 5. The fraction of sp³-hybridized carbons (Fsp3) is 0.667. The van der Waals surface area contributed by atoms with Gasteiger partial charge in [-0.15, -0.1) is 8.75 Å². The molecule has 3 unspecified atom stereocenters. The lowest BCUT2D eigenvalue weighted by atomic mass is 10.0. The zero-order valence-corrected chi connectivity index (χ0v) is 11.2. The van der Waals surface area contributed by atoms with Crippen LogP contribution >= 0.6 is 11.7 Å². The molecule has 1 aromatic heterocycles. The Morgan fingerprint density at radius 2 is 2.28 bits per heavy atom. The highest BCUT2D eigenvalue weighted by Gasteiger charge is 2.40. The maximum absolute atomic E-state index is 5.96. The van der Waals surface area contributed by atoms with Gasteiger partial charge in [-0.05, 0) is 19.9 Å². The Hall–Kier alpha value is -1.14. The first kappa shape index (κ1) is 11.9. The number of hydrogen-bond acceptors (Lipinski definition) is 6. The molecule has 0 aliphatic carbocycles. The number of nitrogens with zero attached hydrogens (tertiary/aromatic N) is 3. The Kier molecular flexibility index (Phi) is 3.47. The van der Waals surface area contributed by atoms with Crippen molar-refractivity contribution in [2.75, 3.05) is 26.2 Å². The van der Waals surface area contributed by atoms with Gasteiger partial charge >= 0.3 is 0 Å². The van der Waals surface area contributed by atoms with Crippen molar-refractivity contribution in [2.24, 2.45) is 5.92 Å². The number of hydrogen-bond donors (Lipinski definition) is 0. The molecule has 2 saturated heterocycles. The van der Waals surface area contributed by atoms with E-state index in [2.05, 4.69) is 13.6 Å². The highest BCUT2D eigenvalue weighted by molar-refractivity contribution is 6.99. The van der Waals surface area contributed by atoms with E-state index in [1.165, 1.54) is 13.0 Å². The molecule has 3 rings (SSSR count). The summed E-state index contributed by atoms with van der Waals surface area (Å²) in [7, 11) is 0. The van der Waals surface area contributed by atoms with Crippen LogP contribution in [-0.2, 0) is 0 Å². The fourth-order valence-corrected chi connectivity index (χ4v) is 3.01. The molecule has 0 radical (unpaired) electrons. The van der Waals surface area contributed by atoms with Gasteiger partial charge in [-0.25, -0.2) is 0 Å². The third-order valence-electron chi connectivity index (χ3n) is 3.52. The first-order valence-electron chi connectivity index (χ1n) is 6.32. The van der Waals surface area contributed by atoms with E-state index in [0.717, 1.165) is 24.8 Å². The number of allylic oxidation sites excluding steroid dienone is 1. The van der Waals surface area contributed by atoms with Crippen molar-refractivity contribution in [1.82, 2.24) is 13.6 Å². The van der Waals surface area contributed by atoms with Gasteiger partial charge in [0.05, 0.1) is 11.7 Å². The molecule has 6 heteroatoms. The van der Waals surface area contributed by atoms with Crippen LogP contribution in [0.2, 0.25) is 0 Å². The standard InChI is InChI=1S/C12H17N3O2S/c1-2-3-6-16-11-12(14-18-13-11)17-10-8-15-5-4-9(10)7-15/h2-3,9-10H,4-8H2,1H3/b3-2+. The number of aromatic nitrogens is 2. The van der Waals surface area contributed by atoms with Crippen molar-refractivity contribution in [3.8, 4) is 11.8 Å². The second-order valence-corrected chi connectivity index (χ2v) is 5.25. The zero-order valence-electron chi connectivity index (χ0n) is 10.4. The average Bonchev–Trinajstić information content (AvgIpc) is 3.07. The third kappa shape index (κ3) is 2.35. The Labute approximate surface area is 111 Å². The second-order valence-electron chi connectivity index (χ2n) is 4.72. The summed E-state index contributed by atoms with van der Waals surface area (Å²) in [6, 6.07) is 0. The molecule has 1 aromatic rings. The van der Waals surface area contributed by atoms with E-state index < -0.39 is 0 Å². The summed E-state index contributed by atoms with van der Waals surface area (Å²) < 4.78 is 19.8. The van der Waals surface area contributed by atoms with Crippen LogP contribution in [0, 0.1) is 5.92 Å². The molecule has 0 aromatic carbocycles. The van der Waals surface area contributed by atoms with E-state index in [4.69, 9.17) is 9.47 Å². The van der Waals surface area contributed by atoms with Crippen molar-refractivity contribution in [3.05, 3.63) is 12.2 Å². The third-order valence-corrected chi connectivity index (χ3v) is 4.01. The van der Waals surface area contributed by atoms with Gasteiger partial charge in [-0.2, -0.15) is 0 Å². The minimum Gasteiger partial charge on any atom is -0.469 e. The minimum atomic E-state index is 0.256. The van der Waals surface area contributed by atoms with E-state index >= 15 is 0 Å². The summed E-state index contributed by atoms with van der Waals surface area (Å²) in [5, 5.41) is 0. The van der Waals surface area contributed by atoms with Crippen LogP contribution < -0.4 is 9.47 Å². The predicted molar refractivity (Wildman–Crippen MR) is 69.2 cm³/mol. The first-order chi connectivity index (χ1) is 8.86. The van der Waals surface area contributed by atoms with Crippen LogP contribution in [-0.4, -0.2) is 46.0 Å². The highest BCUT2D eigenvalue weighted by Crippen LogP contribution is 2.33. The van der Waals surface area contributed by atoms with Gasteiger partial charge in [0.1, 0.15) is 12.7 Å². The molecular weight excluding hydrogens is 250 g/mol. The normalized spacial score (nSPS) is 30.2. The number of piperidine rings is 1. The molecule has 2 bridgehead atoms. The lowest BCUT2D eigenvalue weighted by Crippen LogP contribution is -2.32. The molecule has 3 atom stereocenters. The Morgan fingerprint density at radius 3 is 3.00 bits per heavy atom. The van der Waals surface area contributed by atoms with Gasteiger partial charge in [0.25, 0.3) is 11.8 Å². The van der Waals surface area contributed by atoms with Crippen LogP contribution in [0.25, 0.3) is 0 Å². The zero-order chi connectivity index (χ0) is 12.4. The first-order valence-corrected chi connectivity index (χ1v) is 7.05. The lowest BCUT2D eigenvalue weighted by Gasteiger charge is -2.22. The molecule has 0 spiro atoms. The Morgan fingerprint density at radius 1 is 1.39 bits per heavy atom. The van der Waals surface area contributed by atoms with Crippen molar-refractivity contribution < 1.29 is 9.47 Å². The van der Waals surface area contributed by atoms with E-state index in [9.17, 15) is 0 Å². The van der Waals surface area contributed by atoms with Gasteiger partial charge in [0.15, 0.2) is 0 Å². The molecule has 2 aliphatic heterocycles. The maximum Gasteiger partial charge on any atom is 0.291 e. The molecule has 0 amide bonds. The second kappa shape index (κ2) is 5.24. The molecule has 5 nitrogen and oxygen atoms in total. The summed E-state index contributed by atoms with van der Waals surface area (Å²) in [6.07, 6.45) is 5.37. The fourth-order valence-electron chi connectivity index (χ4n) is 2.57. The van der Waals surface area contributed by atoms with E-state index in [1.54, 1.807) is 0 Å². The minimum absolute atomic E-state index is 0.256. The van der Waals surface area contributed by atoms with E-state index in [1.807, 2.05) is 19.1 Å². The van der Waals surface area contributed by atoms with Crippen LogP contribution in [0.3, 0.4) is 0 Å². The largest absolute Gasteiger partial charge is 0.469 e. The number of ether oxygens (including phenoxy) is 2. The van der Waals surface area contributed by atoms with E-state index in [0.29, 0.717) is 24.3 Å². The molecular formula is C12H17N3O2S. The van der Waals surface area contributed by atoms with Gasteiger partial charge in [-0.1, -0.05) is 12.2 Å². The molecule has 2 aliphatic rings. The SMILES string of the molecule is C/C=C/COc1nsnc1OC1CN2CCC1C2. The molecule has 2 fully saturated rings. The molecule has 0 saturated carbocycles. The van der Waals surface area contributed by atoms with Crippen molar-refractivity contribution in [1.29, 1.82) is 0 Å². The summed E-state index contributed by atoms with van der Waals surface area (Å²) in [5.41, 5.74) is 0. The summed E-state index contributed by atoms with van der Waals surface area (Å²) >= 11 is 1.14. The van der Waals surface area contributed by atoms with Crippen molar-refractivity contribution >= 4 is 11.7 Å². The quantitative estimate of drug-likeness (QED) is 0.758. The van der Waals surface area contributed by atoms with Crippen LogP contribution in [0.15, 0.2) is 12.2 Å². The molecule has 3 heterocycles. The molecule has 18 heavy (non-hydrogen) atoms. The number of fused-ring (bicyclic) bond motifs is 2.